The van der Waals surface area contributed by atoms with Crippen LogP contribution in [0.4, 0.5) is 0 Å². The number of ether oxygens (including phenoxy) is 1. The molecule has 0 amide bonds. The molecule has 5 heteroatoms. The first-order valence-electron chi connectivity index (χ1n) is 10.5. The van der Waals surface area contributed by atoms with Crippen LogP contribution in [0.15, 0.2) is 54.7 Å². The molecule has 0 bridgehead atoms. The van der Waals surface area contributed by atoms with Gasteiger partial charge in [0.2, 0.25) is 0 Å². The van der Waals surface area contributed by atoms with Gasteiger partial charge in [0.25, 0.3) is 0 Å². The van der Waals surface area contributed by atoms with Crippen LogP contribution < -0.4 is 4.74 Å². The normalized spacial score (nSPS) is 12.0. The summed E-state index contributed by atoms with van der Waals surface area (Å²) in [6.07, 6.45) is 3.79. The Balaban J connectivity index is 1.69. The van der Waals surface area contributed by atoms with E-state index >= 15 is 0 Å². The van der Waals surface area contributed by atoms with E-state index in [1.54, 1.807) is 0 Å². The van der Waals surface area contributed by atoms with E-state index in [-0.39, 0.29) is 12.3 Å². The molecular weight excluding hydrogens is 376 g/mol. The lowest BCUT2D eigenvalue weighted by molar-refractivity contribution is -0.138. The molecule has 1 atom stereocenters. The second-order valence-corrected chi connectivity index (χ2v) is 7.98. The lowest BCUT2D eigenvalue weighted by atomic mass is 10.0. The van der Waals surface area contributed by atoms with Crippen LogP contribution in [0.5, 0.6) is 5.75 Å². The molecule has 1 unspecified atom stereocenters. The van der Waals surface area contributed by atoms with Crippen molar-refractivity contribution in [1.82, 2.24) is 9.55 Å². The summed E-state index contributed by atoms with van der Waals surface area (Å²) in [6, 6.07) is 16.5. The highest BCUT2D eigenvalue weighted by molar-refractivity contribution is 5.66. The maximum Gasteiger partial charge on any atom is 0.303 e. The summed E-state index contributed by atoms with van der Waals surface area (Å²) in [5, 5.41) is 8.88. The molecule has 0 saturated carbocycles. The van der Waals surface area contributed by atoms with Gasteiger partial charge in [-0.1, -0.05) is 55.0 Å². The average Bonchev–Trinajstić information content (AvgIpc) is 3.07. The second kappa shape index (κ2) is 10.1. The Labute approximate surface area is 178 Å². The van der Waals surface area contributed by atoms with Crippen LogP contribution in [0.1, 0.15) is 43.0 Å². The average molecular weight is 407 g/mol. The smallest absolute Gasteiger partial charge is 0.303 e. The molecule has 3 rings (SSSR count). The van der Waals surface area contributed by atoms with Gasteiger partial charge >= 0.3 is 5.97 Å². The highest BCUT2D eigenvalue weighted by Crippen LogP contribution is 2.25. The zero-order valence-electron chi connectivity index (χ0n) is 18.0. The Bertz CT molecular complexity index is 976. The summed E-state index contributed by atoms with van der Waals surface area (Å²) < 4.78 is 8.27. The topological polar surface area (TPSA) is 64.4 Å². The van der Waals surface area contributed by atoms with Gasteiger partial charge in [-0.2, -0.15) is 0 Å². The van der Waals surface area contributed by atoms with Crippen molar-refractivity contribution in [2.45, 2.75) is 46.6 Å². The van der Waals surface area contributed by atoms with Crippen LogP contribution in [0.25, 0.3) is 11.4 Å². The van der Waals surface area contributed by atoms with Gasteiger partial charge in [-0.25, -0.2) is 4.98 Å². The molecule has 0 aliphatic heterocycles. The lowest BCUT2D eigenvalue weighted by Gasteiger charge is -2.15. The fourth-order valence-electron chi connectivity index (χ4n) is 3.55. The third kappa shape index (κ3) is 5.72. The number of rotatable bonds is 10. The SMILES string of the molecule is Cc1ccc(-c2ncc(C)n2Cc2ccccc2OCCCC(C)CC(=O)O)cc1. The maximum absolute atomic E-state index is 10.8. The van der Waals surface area contributed by atoms with Crippen molar-refractivity contribution < 1.29 is 14.6 Å². The van der Waals surface area contributed by atoms with Gasteiger partial charge in [0.1, 0.15) is 11.6 Å². The van der Waals surface area contributed by atoms with E-state index in [0.29, 0.717) is 13.2 Å². The molecule has 2 aromatic carbocycles. The number of imidazole rings is 1. The van der Waals surface area contributed by atoms with Crippen molar-refractivity contribution in [3.05, 3.63) is 71.5 Å². The Kier molecular flexibility index (Phi) is 7.28. The van der Waals surface area contributed by atoms with Gasteiger partial charge < -0.3 is 14.4 Å². The summed E-state index contributed by atoms with van der Waals surface area (Å²) >= 11 is 0. The highest BCUT2D eigenvalue weighted by atomic mass is 16.5. The Morgan fingerprint density at radius 1 is 1.13 bits per heavy atom. The van der Waals surface area contributed by atoms with Gasteiger partial charge in [0.05, 0.1) is 13.2 Å². The van der Waals surface area contributed by atoms with Crippen molar-refractivity contribution in [2.24, 2.45) is 5.92 Å². The van der Waals surface area contributed by atoms with Crippen molar-refractivity contribution in [1.29, 1.82) is 0 Å². The summed E-state index contributed by atoms with van der Waals surface area (Å²) in [4.78, 5) is 15.4. The molecule has 30 heavy (non-hydrogen) atoms. The minimum atomic E-state index is -0.742. The highest BCUT2D eigenvalue weighted by Gasteiger charge is 2.13. The summed E-state index contributed by atoms with van der Waals surface area (Å²) in [5.74, 6) is 1.23. The first-order chi connectivity index (χ1) is 14.4. The number of aliphatic carboxylic acids is 1. The molecular formula is C25H30N2O3. The fraction of sp³-hybridized carbons (Fsp3) is 0.360. The van der Waals surface area contributed by atoms with Gasteiger partial charge in [-0.05, 0) is 38.7 Å². The van der Waals surface area contributed by atoms with E-state index < -0.39 is 5.97 Å². The number of aryl methyl sites for hydroxylation is 2. The minimum Gasteiger partial charge on any atom is -0.493 e. The third-order valence-corrected chi connectivity index (χ3v) is 5.29. The fourth-order valence-corrected chi connectivity index (χ4v) is 3.55. The number of carboxylic acids is 1. The van der Waals surface area contributed by atoms with E-state index in [1.807, 2.05) is 31.3 Å². The molecule has 3 aromatic rings. The third-order valence-electron chi connectivity index (χ3n) is 5.29. The number of aromatic nitrogens is 2. The van der Waals surface area contributed by atoms with E-state index in [4.69, 9.17) is 9.84 Å². The van der Waals surface area contributed by atoms with Gasteiger partial charge in [-0.15, -0.1) is 0 Å². The summed E-state index contributed by atoms with van der Waals surface area (Å²) in [6.45, 7) is 7.38. The van der Waals surface area contributed by atoms with E-state index in [2.05, 4.69) is 53.7 Å². The maximum atomic E-state index is 10.8. The predicted molar refractivity (Wildman–Crippen MR) is 119 cm³/mol. The van der Waals surface area contributed by atoms with Gasteiger partial charge in [-0.3, -0.25) is 4.79 Å². The second-order valence-electron chi connectivity index (χ2n) is 7.98. The van der Waals surface area contributed by atoms with Crippen LogP contribution >= 0.6 is 0 Å². The van der Waals surface area contributed by atoms with Crippen molar-refractivity contribution in [2.75, 3.05) is 6.61 Å². The number of para-hydroxylation sites is 1. The molecule has 0 aliphatic rings. The van der Waals surface area contributed by atoms with Crippen LogP contribution in [-0.4, -0.2) is 27.2 Å². The van der Waals surface area contributed by atoms with E-state index in [1.165, 1.54) is 5.56 Å². The molecule has 1 heterocycles. The number of carboxylic acid groups (broad SMARTS) is 1. The molecule has 158 valence electrons. The Morgan fingerprint density at radius 2 is 1.87 bits per heavy atom. The molecule has 0 saturated heterocycles. The van der Waals surface area contributed by atoms with Crippen LogP contribution in [-0.2, 0) is 11.3 Å². The minimum absolute atomic E-state index is 0.159. The van der Waals surface area contributed by atoms with Crippen molar-refractivity contribution >= 4 is 5.97 Å². The van der Waals surface area contributed by atoms with Gasteiger partial charge in [0, 0.05) is 29.4 Å². The summed E-state index contributed by atoms with van der Waals surface area (Å²) in [5.41, 5.74) is 4.53. The van der Waals surface area contributed by atoms with Crippen molar-refractivity contribution in [3.8, 4) is 17.1 Å². The number of hydrogen-bond donors (Lipinski definition) is 1. The number of carbonyl (C=O) groups is 1. The number of hydrogen-bond acceptors (Lipinski definition) is 3. The zero-order valence-corrected chi connectivity index (χ0v) is 18.0. The molecule has 0 aliphatic carbocycles. The zero-order chi connectivity index (χ0) is 21.5. The molecule has 1 aromatic heterocycles. The standard InChI is InChI=1S/C25H30N2O3/c1-18-10-12-21(13-11-18)25-26-16-20(3)27(25)17-22-8-4-5-9-23(22)30-14-6-7-19(2)15-24(28)29/h4-5,8-13,16,19H,6-7,14-15,17H2,1-3H3,(H,28,29). The van der Waals surface area contributed by atoms with Crippen LogP contribution in [0.2, 0.25) is 0 Å². The quantitative estimate of drug-likeness (QED) is 0.453. The lowest BCUT2D eigenvalue weighted by Crippen LogP contribution is -2.09. The molecule has 0 radical (unpaired) electrons. The Morgan fingerprint density at radius 3 is 2.60 bits per heavy atom. The Hall–Kier alpha value is -3.08. The number of nitrogens with zero attached hydrogens (tertiary/aromatic N) is 2. The van der Waals surface area contributed by atoms with Crippen LogP contribution in [0.3, 0.4) is 0 Å². The largest absolute Gasteiger partial charge is 0.493 e. The predicted octanol–water partition coefficient (Wildman–Crippen LogP) is 5.49. The first-order valence-corrected chi connectivity index (χ1v) is 10.5. The molecule has 0 fully saturated rings. The van der Waals surface area contributed by atoms with E-state index in [9.17, 15) is 4.79 Å². The van der Waals surface area contributed by atoms with Crippen molar-refractivity contribution in [3.63, 3.8) is 0 Å². The van der Waals surface area contributed by atoms with Crippen LogP contribution in [0, 0.1) is 19.8 Å². The number of benzene rings is 2. The van der Waals surface area contributed by atoms with E-state index in [0.717, 1.165) is 41.2 Å². The molecule has 5 nitrogen and oxygen atoms in total. The molecule has 0 spiro atoms. The molecule has 1 N–H and O–H groups in total. The first kappa shape index (κ1) is 21.6. The summed E-state index contributed by atoms with van der Waals surface area (Å²) in [7, 11) is 0. The monoisotopic (exact) mass is 406 g/mol. The van der Waals surface area contributed by atoms with Gasteiger partial charge in [0.15, 0.2) is 0 Å².